The lowest BCUT2D eigenvalue weighted by Crippen LogP contribution is -2.23. The van der Waals surface area contributed by atoms with E-state index in [1.807, 2.05) is 26.0 Å². The molecule has 27 heavy (non-hydrogen) atoms. The van der Waals surface area contributed by atoms with Crippen LogP contribution in [-0.2, 0) is 17.6 Å². The molecule has 3 heterocycles. The zero-order chi connectivity index (χ0) is 19.4. The van der Waals surface area contributed by atoms with Crippen molar-refractivity contribution in [2.45, 2.75) is 64.2 Å². The van der Waals surface area contributed by atoms with Gasteiger partial charge in [0.1, 0.15) is 5.69 Å². The predicted octanol–water partition coefficient (Wildman–Crippen LogP) is 4.57. The maximum Gasteiger partial charge on any atom is 0.103 e. The Kier molecular flexibility index (Phi) is 4.33. The van der Waals surface area contributed by atoms with E-state index in [-0.39, 0.29) is 6.04 Å². The van der Waals surface area contributed by atoms with E-state index in [0.29, 0.717) is 12.8 Å². The van der Waals surface area contributed by atoms with E-state index in [9.17, 15) is 10.2 Å². The Balaban J connectivity index is 1.65. The summed E-state index contributed by atoms with van der Waals surface area (Å²) in [5.74, 6) is 0. The number of anilines is 1. The molecule has 0 aliphatic carbocycles. The maximum atomic E-state index is 10.8. The topological polar surface area (TPSA) is 81.2 Å². The van der Waals surface area contributed by atoms with Crippen LogP contribution >= 0.6 is 11.3 Å². The lowest BCUT2D eigenvalue weighted by atomic mass is 9.88. The standard InChI is InChI=1S/C21H27N3O2S/c1-5-21(26,6-2)13-8-7-12-9-15(22-14(12)10-13)18-19-16(23-24-18)11-17(27-19)20(3,4)25/h7-8,10-11,15,22,25-26H,5-6,9H2,1-4H3,(H,23,24). The summed E-state index contributed by atoms with van der Waals surface area (Å²) in [5, 5.41) is 32.4. The van der Waals surface area contributed by atoms with E-state index in [0.717, 1.165) is 38.5 Å². The second-order valence-electron chi connectivity index (χ2n) is 8.03. The molecule has 1 aliphatic rings. The third-order valence-corrected chi connectivity index (χ3v) is 7.24. The van der Waals surface area contributed by atoms with Gasteiger partial charge in [-0.2, -0.15) is 5.10 Å². The van der Waals surface area contributed by atoms with Gasteiger partial charge in [-0.15, -0.1) is 11.3 Å². The zero-order valence-electron chi connectivity index (χ0n) is 16.3. The zero-order valence-corrected chi connectivity index (χ0v) is 17.1. The summed E-state index contributed by atoms with van der Waals surface area (Å²) in [5.41, 5.74) is 3.62. The molecule has 3 aromatic rings. The number of aliphatic hydroxyl groups is 2. The van der Waals surface area contributed by atoms with E-state index in [2.05, 4.69) is 27.6 Å². The Hall–Kier alpha value is -1.89. The highest BCUT2D eigenvalue weighted by atomic mass is 32.1. The van der Waals surface area contributed by atoms with Gasteiger partial charge in [0.15, 0.2) is 0 Å². The number of aromatic amines is 1. The largest absolute Gasteiger partial charge is 0.385 e. The normalized spacial score (nSPS) is 17.3. The highest BCUT2D eigenvalue weighted by molar-refractivity contribution is 7.19. The van der Waals surface area contributed by atoms with Crippen molar-refractivity contribution in [3.63, 3.8) is 0 Å². The molecule has 0 spiro atoms. The monoisotopic (exact) mass is 385 g/mol. The van der Waals surface area contributed by atoms with Crippen molar-refractivity contribution in [2.75, 3.05) is 5.32 Å². The van der Waals surface area contributed by atoms with Crippen LogP contribution in [0.15, 0.2) is 24.3 Å². The van der Waals surface area contributed by atoms with Crippen LogP contribution in [0.3, 0.4) is 0 Å². The second kappa shape index (κ2) is 6.33. The quantitative estimate of drug-likeness (QED) is 0.519. The molecule has 4 N–H and O–H groups in total. The molecular weight excluding hydrogens is 358 g/mol. The van der Waals surface area contributed by atoms with Gasteiger partial charge in [-0.1, -0.05) is 26.0 Å². The third-order valence-electron chi connectivity index (χ3n) is 5.77. The van der Waals surface area contributed by atoms with Crippen LogP contribution in [0.25, 0.3) is 10.2 Å². The van der Waals surface area contributed by atoms with Gasteiger partial charge in [0.25, 0.3) is 0 Å². The number of hydrogen-bond acceptors (Lipinski definition) is 5. The van der Waals surface area contributed by atoms with Crippen molar-refractivity contribution >= 4 is 27.2 Å². The first kappa shape index (κ1) is 18.5. The van der Waals surface area contributed by atoms with Crippen LogP contribution in [0.4, 0.5) is 5.69 Å². The first-order valence-corrected chi connectivity index (χ1v) is 10.4. The maximum absolute atomic E-state index is 10.8. The summed E-state index contributed by atoms with van der Waals surface area (Å²) >= 11 is 1.59. The number of nitrogens with one attached hydrogen (secondary N) is 2. The molecular formula is C21H27N3O2S. The molecule has 0 saturated heterocycles. The molecule has 2 aromatic heterocycles. The molecule has 1 atom stereocenters. The molecule has 0 amide bonds. The molecule has 4 rings (SSSR count). The number of fused-ring (bicyclic) bond motifs is 2. The van der Waals surface area contributed by atoms with E-state index in [1.54, 1.807) is 25.2 Å². The number of aromatic nitrogens is 2. The predicted molar refractivity (Wildman–Crippen MR) is 110 cm³/mol. The van der Waals surface area contributed by atoms with Crippen molar-refractivity contribution in [2.24, 2.45) is 0 Å². The number of benzene rings is 1. The SMILES string of the molecule is CCC(O)(CC)c1ccc2c(c1)NC(c1n[nH]c3cc(C(C)(C)O)sc13)C2. The molecule has 1 aliphatic heterocycles. The fourth-order valence-corrected chi connectivity index (χ4v) is 4.99. The van der Waals surface area contributed by atoms with Crippen LogP contribution in [0.5, 0.6) is 0 Å². The average molecular weight is 386 g/mol. The molecule has 0 bridgehead atoms. The minimum atomic E-state index is -0.854. The van der Waals surface area contributed by atoms with Crippen LogP contribution < -0.4 is 5.32 Å². The van der Waals surface area contributed by atoms with E-state index in [1.165, 1.54) is 5.56 Å². The molecule has 144 valence electrons. The number of hydrogen-bond donors (Lipinski definition) is 4. The first-order valence-electron chi connectivity index (χ1n) is 9.58. The summed E-state index contributed by atoms with van der Waals surface area (Å²) in [6, 6.07) is 8.33. The van der Waals surface area contributed by atoms with Gasteiger partial charge in [0, 0.05) is 17.0 Å². The third kappa shape index (κ3) is 3.06. The van der Waals surface area contributed by atoms with E-state index in [4.69, 9.17) is 0 Å². The van der Waals surface area contributed by atoms with Gasteiger partial charge in [-0.25, -0.2) is 0 Å². The van der Waals surface area contributed by atoms with E-state index >= 15 is 0 Å². The van der Waals surface area contributed by atoms with Gasteiger partial charge in [0.2, 0.25) is 0 Å². The lowest BCUT2D eigenvalue weighted by Gasteiger charge is -2.26. The van der Waals surface area contributed by atoms with Crippen molar-refractivity contribution in [3.8, 4) is 0 Å². The number of thiophene rings is 1. The summed E-state index contributed by atoms with van der Waals surface area (Å²) in [6.07, 6.45) is 2.25. The van der Waals surface area contributed by atoms with Gasteiger partial charge in [-0.05, 0) is 49.9 Å². The fourth-order valence-electron chi connectivity index (χ4n) is 3.83. The first-order chi connectivity index (χ1) is 12.7. The van der Waals surface area contributed by atoms with Gasteiger partial charge >= 0.3 is 0 Å². The Morgan fingerprint density at radius 2 is 1.93 bits per heavy atom. The van der Waals surface area contributed by atoms with Gasteiger partial charge in [0.05, 0.1) is 27.5 Å². The Morgan fingerprint density at radius 1 is 1.19 bits per heavy atom. The van der Waals surface area contributed by atoms with Crippen LogP contribution in [-0.4, -0.2) is 20.4 Å². The van der Waals surface area contributed by atoms with Crippen LogP contribution in [0.2, 0.25) is 0 Å². The molecule has 0 saturated carbocycles. The molecule has 0 radical (unpaired) electrons. The number of nitrogens with zero attached hydrogens (tertiary/aromatic N) is 1. The van der Waals surface area contributed by atoms with Crippen LogP contribution in [0.1, 0.15) is 68.3 Å². The molecule has 1 aromatic carbocycles. The Labute approximate surface area is 163 Å². The summed E-state index contributed by atoms with van der Waals surface area (Å²) < 4.78 is 1.09. The van der Waals surface area contributed by atoms with Gasteiger partial charge < -0.3 is 15.5 Å². The van der Waals surface area contributed by atoms with Crippen molar-refractivity contribution < 1.29 is 10.2 Å². The number of H-pyrrole nitrogens is 1. The van der Waals surface area contributed by atoms with Crippen molar-refractivity contribution in [3.05, 3.63) is 46.0 Å². The second-order valence-corrected chi connectivity index (χ2v) is 9.09. The van der Waals surface area contributed by atoms with Crippen LogP contribution in [0, 0.1) is 0 Å². The summed E-state index contributed by atoms with van der Waals surface area (Å²) in [7, 11) is 0. The highest BCUT2D eigenvalue weighted by Gasteiger charge is 2.31. The fraction of sp³-hybridized carbons (Fsp3) is 0.476. The smallest absolute Gasteiger partial charge is 0.103 e. The highest BCUT2D eigenvalue weighted by Crippen LogP contribution is 2.42. The minimum absolute atomic E-state index is 0.0913. The number of rotatable bonds is 5. The summed E-state index contributed by atoms with van der Waals surface area (Å²) in [6.45, 7) is 7.64. The van der Waals surface area contributed by atoms with Crippen molar-refractivity contribution in [1.29, 1.82) is 0 Å². The molecule has 6 heteroatoms. The summed E-state index contributed by atoms with van der Waals surface area (Å²) in [4.78, 5) is 0.932. The average Bonchev–Trinajstić information content (AvgIpc) is 3.32. The Bertz CT molecular complexity index is 979. The van der Waals surface area contributed by atoms with Crippen molar-refractivity contribution in [1.82, 2.24) is 10.2 Å². The van der Waals surface area contributed by atoms with Gasteiger partial charge in [-0.3, -0.25) is 5.10 Å². The minimum Gasteiger partial charge on any atom is -0.385 e. The molecule has 5 nitrogen and oxygen atoms in total. The molecule has 0 fully saturated rings. The Morgan fingerprint density at radius 3 is 2.59 bits per heavy atom. The lowest BCUT2D eigenvalue weighted by molar-refractivity contribution is 0.0284. The van der Waals surface area contributed by atoms with E-state index < -0.39 is 11.2 Å². The molecule has 1 unspecified atom stereocenters.